The lowest BCUT2D eigenvalue weighted by Crippen LogP contribution is -1.75. The molecule has 0 spiro atoms. The largest absolute Gasteiger partial charge is 0.306 e. The van der Waals surface area contributed by atoms with Crippen LogP contribution < -0.4 is 0 Å². The van der Waals surface area contributed by atoms with Crippen LogP contribution in [0.1, 0.15) is 0 Å². The minimum absolute atomic E-state index is 1.09. The van der Waals surface area contributed by atoms with E-state index in [4.69, 9.17) is 0 Å². The highest BCUT2D eigenvalue weighted by Gasteiger charge is 1.88. The summed E-state index contributed by atoms with van der Waals surface area (Å²) in [4.78, 5) is 7.98. The Kier molecular flexibility index (Phi) is 5.35. The molecule has 4 aromatic heterocycles. The molecule has 4 heterocycles. The van der Waals surface area contributed by atoms with Gasteiger partial charge in [-0.25, -0.2) is 4.98 Å². The molecule has 0 aliphatic rings. The first kappa shape index (κ1) is 17.4. The number of fused-ring (bicyclic) bond motifs is 3. The number of imidazole rings is 1. The van der Waals surface area contributed by atoms with E-state index in [2.05, 4.69) is 32.3 Å². The van der Waals surface area contributed by atoms with Gasteiger partial charge in [0.2, 0.25) is 0 Å². The van der Waals surface area contributed by atoms with E-state index in [0.717, 1.165) is 16.4 Å². The highest BCUT2D eigenvalue weighted by Crippen LogP contribution is 2.09. The lowest BCUT2D eigenvalue weighted by molar-refractivity contribution is 1.12. The third-order valence-electron chi connectivity index (χ3n) is 4.22. The molecule has 0 saturated carbocycles. The van der Waals surface area contributed by atoms with Crippen LogP contribution in [-0.2, 0) is 0 Å². The van der Waals surface area contributed by atoms with Crippen LogP contribution in [0.15, 0.2) is 110 Å². The van der Waals surface area contributed by atoms with Gasteiger partial charge in [0.1, 0.15) is 0 Å². The fraction of sp³-hybridized carbons (Fsp3) is 0. The Morgan fingerprint density at radius 3 is 2.25 bits per heavy atom. The van der Waals surface area contributed by atoms with Gasteiger partial charge in [0.25, 0.3) is 0 Å². The normalized spacial score (nSPS) is 10.1. The van der Waals surface area contributed by atoms with Crippen molar-refractivity contribution in [1.29, 1.82) is 0 Å². The summed E-state index contributed by atoms with van der Waals surface area (Å²) in [7, 11) is 0. The van der Waals surface area contributed by atoms with Gasteiger partial charge in [0.15, 0.2) is 0 Å². The molecule has 0 atom stereocenters. The van der Waals surface area contributed by atoms with Gasteiger partial charge in [-0.1, -0.05) is 48.5 Å². The molecule has 5 heteroatoms. The van der Waals surface area contributed by atoms with Gasteiger partial charge in [0, 0.05) is 24.0 Å². The second-order valence-electron chi connectivity index (χ2n) is 6.11. The van der Waals surface area contributed by atoms with Crippen LogP contribution in [0.4, 0.5) is 0 Å². The number of H-pyrrole nitrogens is 1. The van der Waals surface area contributed by atoms with Crippen LogP contribution in [0.3, 0.4) is 0 Å². The Bertz CT molecular complexity index is 1090. The van der Waals surface area contributed by atoms with Crippen molar-refractivity contribution in [2.45, 2.75) is 0 Å². The van der Waals surface area contributed by atoms with E-state index in [9.17, 15) is 0 Å². The molecule has 0 bridgehead atoms. The molecule has 2 aromatic carbocycles. The maximum atomic E-state index is 4.01. The molecule has 0 saturated heterocycles. The molecule has 0 aliphatic carbocycles. The maximum absolute atomic E-state index is 4.01. The number of nitrogens with one attached hydrogen (secondary N) is 1. The van der Waals surface area contributed by atoms with Crippen molar-refractivity contribution in [3.05, 3.63) is 110 Å². The van der Waals surface area contributed by atoms with Crippen molar-refractivity contribution < 1.29 is 0 Å². The summed E-state index contributed by atoms with van der Waals surface area (Å²) in [5, 5.41) is 10.4. The Hall–Kier alpha value is -3.99. The van der Waals surface area contributed by atoms with Crippen LogP contribution in [-0.4, -0.2) is 24.6 Å². The molecule has 0 unspecified atom stereocenters. The van der Waals surface area contributed by atoms with Crippen LogP contribution in [0.5, 0.6) is 0 Å². The predicted octanol–water partition coefficient (Wildman–Crippen LogP) is 5.13. The molecule has 0 radical (unpaired) electrons. The van der Waals surface area contributed by atoms with Crippen LogP contribution >= 0.6 is 0 Å². The summed E-state index contributed by atoms with van der Waals surface area (Å²) in [6.07, 6.45) is 11.1. The maximum Gasteiger partial charge on any atom is 0.0991 e. The minimum Gasteiger partial charge on any atom is -0.306 e. The summed E-state index contributed by atoms with van der Waals surface area (Å²) >= 11 is 0. The Balaban J connectivity index is 0.000000103. The van der Waals surface area contributed by atoms with E-state index < -0.39 is 0 Å². The van der Waals surface area contributed by atoms with Crippen LogP contribution in [0.2, 0.25) is 0 Å². The molecule has 0 amide bonds. The van der Waals surface area contributed by atoms with E-state index in [1.54, 1.807) is 6.33 Å². The molecule has 28 heavy (non-hydrogen) atoms. The minimum atomic E-state index is 1.09. The van der Waals surface area contributed by atoms with Crippen molar-refractivity contribution in [1.82, 2.24) is 24.6 Å². The topological polar surface area (TPSA) is 58.9 Å². The Labute approximate surface area is 162 Å². The molecule has 0 aliphatic heterocycles. The molecule has 0 fully saturated rings. The van der Waals surface area contributed by atoms with Crippen LogP contribution in [0, 0.1) is 0 Å². The van der Waals surface area contributed by atoms with Gasteiger partial charge in [-0.3, -0.25) is 10.1 Å². The second-order valence-corrected chi connectivity index (χ2v) is 6.11. The lowest BCUT2D eigenvalue weighted by atomic mass is 10.2. The molecule has 6 rings (SSSR count). The van der Waals surface area contributed by atoms with E-state index in [0.29, 0.717) is 0 Å². The Morgan fingerprint density at radius 1 is 0.643 bits per heavy atom. The van der Waals surface area contributed by atoms with Gasteiger partial charge in [-0.05, 0) is 35.0 Å². The molecular formula is C23H19N5. The number of rotatable bonds is 0. The first-order chi connectivity index (χ1) is 13.9. The number of para-hydroxylation sites is 1. The number of pyridine rings is 2. The first-order valence-electron chi connectivity index (χ1n) is 8.94. The highest BCUT2D eigenvalue weighted by atomic mass is 15.1. The highest BCUT2D eigenvalue weighted by molar-refractivity contribution is 5.81. The molecule has 6 aromatic rings. The third-order valence-corrected chi connectivity index (χ3v) is 4.22. The summed E-state index contributed by atoms with van der Waals surface area (Å²) in [5.74, 6) is 0. The fourth-order valence-corrected chi connectivity index (χ4v) is 2.77. The molecule has 1 N–H and O–H groups in total. The number of hydrogen-bond acceptors (Lipinski definition) is 3. The van der Waals surface area contributed by atoms with Gasteiger partial charge in [0.05, 0.1) is 29.8 Å². The Morgan fingerprint density at radius 2 is 1.43 bits per heavy atom. The van der Waals surface area contributed by atoms with Crippen molar-refractivity contribution in [2.24, 2.45) is 0 Å². The third kappa shape index (κ3) is 4.22. The number of nitrogens with zero attached hydrogens (tertiary/aromatic N) is 4. The van der Waals surface area contributed by atoms with Crippen molar-refractivity contribution in [3.63, 3.8) is 0 Å². The van der Waals surface area contributed by atoms with E-state index in [1.165, 1.54) is 10.8 Å². The quantitative estimate of drug-likeness (QED) is 0.406. The summed E-state index contributed by atoms with van der Waals surface area (Å²) in [6, 6.07) is 24.2. The summed E-state index contributed by atoms with van der Waals surface area (Å²) < 4.78 is 1.97. The van der Waals surface area contributed by atoms with E-state index in [1.807, 2.05) is 96.0 Å². The average molecular weight is 365 g/mol. The number of benzene rings is 2. The first-order valence-corrected chi connectivity index (χ1v) is 8.94. The second kappa shape index (κ2) is 8.60. The predicted molar refractivity (Wildman–Crippen MR) is 113 cm³/mol. The van der Waals surface area contributed by atoms with Gasteiger partial charge in [-0.15, -0.1) is 0 Å². The van der Waals surface area contributed by atoms with Gasteiger partial charge >= 0.3 is 0 Å². The average Bonchev–Trinajstić information content (AvgIpc) is 3.44. The fourth-order valence-electron chi connectivity index (χ4n) is 2.77. The van der Waals surface area contributed by atoms with Crippen molar-refractivity contribution in [2.75, 3.05) is 0 Å². The van der Waals surface area contributed by atoms with Crippen molar-refractivity contribution >= 4 is 27.2 Å². The zero-order valence-corrected chi connectivity index (χ0v) is 15.2. The molecule has 136 valence electrons. The SMILES string of the molecule is c1ccc2[nH]ncc2c1.c1ccc2cnccc2c1.c1ccn2cncc2c1. The monoisotopic (exact) mass is 365 g/mol. The molecule has 5 nitrogen and oxygen atoms in total. The lowest BCUT2D eigenvalue weighted by Gasteiger charge is -1.91. The van der Waals surface area contributed by atoms with Gasteiger partial charge < -0.3 is 4.40 Å². The number of hydrogen-bond donors (Lipinski definition) is 1. The summed E-state index contributed by atoms with van der Waals surface area (Å²) in [5.41, 5.74) is 2.23. The number of aromatic nitrogens is 5. The van der Waals surface area contributed by atoms with Crippen LogP contribution in [0.25, 0.3) is 27.2 Å². The van der Waals surface area contributed by atoms with Crippen molar-refractivity contribution in [3.8, 4) is 0 Å². The zero-order chi connectivity index (χ0) is 19.0. The molecular weight excluding hydrogens is 346 g/mol. The van der Waals surface area contributed by atoms with E-state index >= 15 is 0 Å². The van der Waals surface area contributed by atoms with Gasteiger partial charge in [-0.2, -0.15) is 5.10 Å². The zero-order valence-electron chi connectivity index (χ0n) is 15.2. The standard InChI is InChI=1S/C9H7N.2C7H6N2/c1-2-4-9-7-10-6-5-8(9)3-1;1-2-4-9-6-8-5-7(9)3-1;1-2-4-7-6(3-1)5-8-9-7/h1-7H;1-6H;1-5H,(H,8,9). The smallest absolute Gasteiger partial charge is 0.0991 e. The number of aromatic amines is 1. The van der Waals surface area contributed by atoms with E-state index in [-0.39, 0.29) is 0 Å². The summed E-state index contributed by atoms with van der Waals surface area (Å²) in [6.45, 7) is 0.